The van der Waals surface area contributed by atoms with Crippen molar-refractivity contribution in [2.45, 2.75) is 23.9 Å². The minimum atomic E-state index is -1.32. The van der Waals surface area contributed by atoms with Crippen LogP contribution in [0.1, 0.15) is 11.3 Å². The van der Waals surface area contributed by atoms with Crippen LogP contribution >= 0.6 is 0 Å². The van der Waals surface area contributed by atoms with Crippen molar-refractivity contribution in [3.05, 3.63) is 47.8 Å². The minimum Gasteiger partial charge on any atom is -0.490 e. The number of fused-ring (bicyclic) bond motifs is 1. The van der Waals surface area contributed by atoms with Crippen LogP contribution in [-0.4, -0.2) is 45.3 Å². The molecule has 0 radical (unpaired) electrons. The molecule has 2 atom stereocenters. The molecule has 7 nitrogen and oxygen atoms in total. The van der Waals surface area contributed by atoms with Crippen molar-refractivity contribution < 1.29 is 18.4 Å². The highest BCUT2D eigenvalue weighted by Crippen LogP contribution is 2.23. The number of hydrogen-bond donors (Lipinski definition) is 1. The lowest BCUT2D eigenvalue weighted by molar-refractivity contribution is 0.0319. The van der Waals surface area contributed by atoms with Crippen LogP contribution in [0.5, 0.6) is 5.75 Å². The van der Waals surface area contributed by atoms with E-state index >= 15 is 0 Å². The molecule has 1 saturated heterocycles. The molecule has 1 aliphatic rings. The molecule has 0 bridgehead atoms. The predicted octanol–water partition coefficient (Wildman–Crippen LogP) is 2.33. The van der Waals surface area contributed by atoms with Gasteiger partial charge in [0, 0.05) is 11.8 Å². The Bertz CT molecular complexity index is 904. The number of rotatable bonds is 6. The van der Waals surface area contributed by atoms with Crippen LogP contribution in [0.4, 0.5) is 0 Å². The Labute approximate surface area is 153 Å². The fraction of sp³-hybridized carbons (Fsp3) is 0.333. The molecule has 2 aromatic heterocycles. The summed E-state index contributed by atoms with van der Waals surface area (Å²) in [5.41, 5.74) is 3.27. The second kappa shape index (κ2) is 7.53. The van der Waals surface area contributed by atoms with E-state index in [0.29, 0.717) is 30.9 Å². The molecule has 1 aromatic carbocycles. The lowest BCUT2D eigenvalue weighted by Gasteiger charge is -2.13. The first-order valence-electron chi connectivity index (χ1n) is 8.30. The number of imidazole rings is 1. The van der Waals surface area contributed by atoms with Crippen molar-refractivity contribution >= 4 is 21.8 Å². The van der Waals surface area contributed by atoms with Crippen LogP contribution in [-0.2, 0) is 26.0 Å². The number of benzene rings is 1. The van der Waals surface area contributed by atoms with Gasteiger partial charge in [0.1, 0.15) is 25.3 Å². The summed E-state index contributed by atoms with van der Waals surface area (Å²) < 4.78 is 29.1. The SMILES string of the molecule is Cc1c(OCC2COCO2)ccnc1CS(=O)c1nc2ccccc2[nH]1. The zero-order chi connectivity index (χ0) is 17.9. The maximum atomic E-state index is 12.7. The van der Waals surface area contributed by atoms with Gasteiger partial charge in [-0.05, 0) is 25.1 Å². The van der Waals surface area contributed by atoms with Gasteiger partial charge in [0.05, 0.1) is 39.9 Å². The van der Waals surface area contributed by atoms with Gasteiger partial charge in [-0.3, -0.25) is 9.19 Å². The van der Waals surface area contributed by atoms with Crippen LogP contribution in [0, 0.1) is 6.92 Å². The summed E-state index contributed by atoms with van der Waals surface area (Å²) in [5.74, 6) is 0.985. The number of nitrogens with one attached hydrogen (secondary N) is 1. The van der Waals surface area contributed by atoms with Crippen LogP contribution in [0.25, 0.3) is 11.0 Å². The van der Waals surface area contributed by atoms with Gasteiger partial charge in [-0.1, -0.05) is 12.1 Å². The van der Waals surface area contributed by atoms with Gasteiger partial charge >= 0.3 is 0 Å². The number of nitrogens with zero attached hydrogens (tertiary/aromatic N) is 2. The Morgan fingerprint density at radius 2 is 2.23 bits per heavy atom. The first kappa shape index (κ1) is 17.1. The Morgan fingerprint density at radius 3 is 3.04 bits per heavy atom. The second-order valence-electron chi connectivity index (χ2n) is 6.02. The Kier molecular flexibility index (Phi) is 4.96. The molecule has 1 aliphatic heterocycles. The van der Waals surface area contributed by atoms with Gasteiger partial charge in [0.15, 0.2) is 5.16 Å². The average molecular weight is 373 g/mol. The molecule has 136 valence electrons. The van der Waals surface area contributed by atoms with Crippen LogP contribution in [0.2, 0.25) is 0 Å². The number of aromatic amines is 1. The van der Waals surface area contributed by atoms with Gasteiger partial charge in [-0.25, -0.2) is 4.98 Å². The first-order valence-corrected chi connectivity index (χ1v) is 9.62. The van der Waals surface area contributed by atoms with E-state index in [4.69, 9.17) is 14.2 Å². The van der Waals surface area contributed by atoms with Gasteiger partial charge in [-0.2, -0.15) is 0 Å². The van der Waals surface area contributed by atoms with Crippen molar-refractivity contribution in [1.82, 2.24) is 15.0 Å². The van der Waals surface area contributed by atoms with Crippen molar-refractivity contribution in [2.75, 3.05) is 20.0 Å². The summed E-state index contributed by atoms with van der Waals surface area (Å²) in [6.07, 6.45) is 1.61. The summed E-state index contributed by atoms with van der Waals surface area (Å²) in [7, 11) is -1.32. The normalized spacial score (nSPS) is 18.3. The first-order chi connectivity index (χ1) is 12.7. The highest BCUT2D eigenvalue weighted by atomic mass is 32.2. The zero-order valence-corrected chi connectivity index (χ0v) is 15.1. The maximum absolute atomic E-state index is 12.7. The van der Waals surface area contributed by atoms with E-state index < -0.39 is 10.8 Å². The van der Waals surface area contributed by atoms with Crippen molar-refractivity contribution in [2.24, 2.45) is 0 Å². The average Bonchev–Trinajstić information content (AvgIpc) is 3.31. The monoisotopic (exact) mass is 373 g/mol. The third-order valence-corrected chi connectivity index (χ3v) is 5.39. The molecule has 3 aromatic rings. The van der Waals surface area contributed by atoms with Crippen LogP contribution in [0.15, 0.2) is 41.7 Å². The van der Waals surface area contributed by atoms with Crippen LogP contribution < -0.4 is 4.74 Å². The molecule has 0 aliphatic carbocycles. The molecule has 0 spiro atoms. The maximum Gasteiger partial charge on any atom is 0.197 e. The standard InChI is InChI=1S/C18H19N3O4S/c1-12-16(19-7-6-17(12)24-9-13-8-23-11-25-13)10-26(22)18-20-14-4-2-3-5-15(14)21-18/h2-7,13H,8-11H2,1H3,(H,20,21). The van der Waals surface area contributed by atoms with E-state index in [0.717, 1.165) is 22.3 Å². The number of hydrogen-bond acceptors (Lipinski definition) is 6. The van der Waals surface area contributed by atoms with Crippen LogP contribution in [0.3, 0.4) is 0 Å². The number of pyridine rings is 1. The quantitative estimate of drug-likeness (QED) is 0.714. The molecular weight excluding hydrogens is 354 g/mol. The molecule has 2 unspecified atom stereocenters. The summed E-state index contributed by atoms with van der Waals surface area (Å²) in [4.78, 5) is 11.9. The van der Waals surface area contributed by atoms with Crippen molar-refractivity contribution in [1.29, 1.82) is 0 Å². The zero-order valence-electron chi connectivity index (χ0n) is 14.3. The number of aromatic nitrogens is 3. The Hall–Kier alpha value is -2.29. The van der Waals surface area contributed by atoms with E-state index in [9.17, 15) is 4.21 Å². The number of para-hydroxylation sites is 2. The van der Waals surface area contributed by atoms with Gasteiger partial charge in [0.25, 0.3) is 0 Å². The Morgan fingerprint density at radius 1 is 1.35 bits per heavy atom. The van der Waals surface area contributed by atoms with E-state index in [-0.39, 0.29) is 11.9 Å². The summed E-state index contributed by atoms with van der Waals surface area (Å²) in [6, 6.07) is 9.42. The molecule has 0 amide bonds. The fourth-order valence-electron chi connectivity index (χ4n) is 2.74. The molecule has 26 heavy (non-hydrogen) atoms. The largest absolute Gasteiger partial charge is 0.490 e. The van der Waals surface area contributed by atoms with E-state index in [1.165, 1.54) is 0 Å². The van der Waals surface area contributed by atoms with E-state index in [1.54, 1.807) is 12.3 Å². The number of H-pyrrole nitrogens is 1. The van der Waals surface area contributed by atoms with E-state index in [1.807, 2.05) is 31.2 Å². The molecule has 8 heteroatoms. The highest BCUT2D eigenvalue weighted by Gasteiger charge is 2.18. The molecule has 4 rings (SSSR count). The Balaban J connectivity index is 1.48. The molecule has 0 saturated carbocycles. The molecule has 1 N–H and O–H groups in total. The van der Waals surface area contributed by atoms with E-state index in [2.05, 4.69) is 15.0 Å². The second-order valence-corrected chi connectivity index (χ2v) is 7.38. The number of ether oxygens (including phenoxy) is 3. The molecule has 1 fully saturated rings. The topological polar surface area (TPSA) is 86.3 Å². The summed E-state index contributed by atoms with van der Waals surface area (Å²) >= 11 is 0. The van der Waals surface area contributed by atoms with Gasteiger partial charge in [-0.15, -0.1) is 0 Å². The lowest BCUT2D eigenvalue weighted by atomic mass is 10.2. The minimum absolute atomic E-state index is 0.0595. The predicted molar refractivity (Wildman–Crippen MR) is 96.4 cm³/mol. The van der Waals surface area contributed by atoms with Crippen molar-refractivity contribution in [3.8, 4) is 5.75 Å². The summed E-state index contributed by atoms with van der Waals surface area (Å²) in [6.45, 7) is 3.18. The van der Waals surface area contributed by atoms with Gasteiger partial charge < -0.3 is 19.2 Å². The third kappa shape index (κ3) is 3.62. The molecular formula is C18H19N3O4S. The third-order valence-electron chi connectivity index (χ3n) is 4.23. The van der Waals surface area contributed by atoms with Gasteiger partial charge in [0.2, 0.25) is 0 Å². The fourth-order valence-corrected chi connectivity index (χ4v) is 3.84. The summed E-state index contributed by atoms with van der Waals surface area (Å²) in [5, 5.41) is 0.454. The van der Waals surface area contributed by atoms with Crippen molar-refractivity contribution in [3.63, 3.8) is 0 Å². The molecule has 3 heterocycles. The lowest BCUT2D eigenvalue weighted by Crippen LogP contribution is -2.20. The smallest absolute Gasteiger partial charge is 0.197 e. The highest BCUT2D eigenvalue weighted by molar-refractivity contribution is 7.84.